The molecule has 3 nitrogen and oxygen atoms in total. The Labute approximate surface area is 135 Å². The van der Waals surface area contributed by atoms with Gasteiger partial charge in [-0.15, -0.1) is 0 Å². The summed E-state index contributed by atoms with van der Waals surface area (Å²) in [6.45, 7) is 0. The summed E-state index contributed by atoms with van der Waals surface area (Å²) in [4.78, 5) is 12.3. The minimum atomic E-state index is -0.635. The normalized spacial score (nSPS) is 20.1. The van der Waals surface area contributed by atoms with Crippen LogP contribution >= 0.6 is 22.6 Å². The Morgan fingerprint density at radius 3 is 2.81 bits per heavy atom. The lowest BCUT2D eigenvalue weighted by Crippen LogP contribution is -2.34. The fourth-order valence-corrected chi connectivity index (χ4v) is 3.36. The molecular weight excluding hydrogens is 384 g/mol. The number of hydrogen-bond donors (Lipinski definition) is 2. The summed E-state index contributed by atoms with van der Waals surface area (Å²) in [6.07, 6.45) is -0.105. The predicted octanol–water partition coefficient (Wildman–Crippen LogP) is 2.82. The van der Waals surface area contributed by atoms with Gasteiger partial charge in [0.25, 0.3) is 5.91 Å². The Kier molecular flexibility index (Phi) is 3.95. The van der Waals surface area contributed by atoms with Crippen molar-refractivity contribution in [1.82, 2.24) is 5.32 Å². The third-order valence-corrected chi connectivity index (χ3v) is 4.56. The molecule has 0 saturated carbocycles. The summed E-state index contributed by atoms with van der Waals surface area (Å²) in [6, 6.07) is 11.3. The number of benzene rings is 2. The van der Waals surface area contributed by atoms with Crippen LogP contribution in [-0.4, -0.2) is 17.1 Å². The van der Waals surface area contributed by atoms with Gasteiger partial charge >= 0.3 is 0 Å². The first-order valence-electron chi connectivity index (χ1n) is 6.58. The number of aliphatic hydroxyl groups is 1. The summed E-state index contributed by atoms with van der Waals surface area (Å²) in [5.74, 6) is -0.678. The van der Waals surface area contributed by atoms with E-state index in [1.54, 1.807) is 0 Å². The van der Waals surface area contributed by atoms with Crippen LogP contribution in [0, 0.1) is 9.39 Å². The van der Waals surface area contributed by atoms with Gasteiger partial charge in [0.05, 0.1) is 17.7 Å². The molecule has 1 amide bonds. The zero-order chi connectivity index (χ0) is 15.0. The maximum atomic E-state index is 13.1. The molecule has 2 aromatic carbocycles. The van der Waals surface area contributed by atoms with Crippen LogP contribution < -0.4 is 5.32 Å². The van der Waals surface area contributed by atoms with Crippen LogP contribution in [0.5, 0.6) is 0 Å². The predicted molar refractivity (Wildman–Crippen MR) is 85.5 cm³/mol. The highest BCUT2D eigenvalue weighted by molar-refractivity contribution is 14.1. The molecule has 3 rings (SSSR count). The highest BCUT2D eigenvalue weighted by Crippen LogP contribution is 2.31. The van der Waals surface area contributed by atoms with E-state index in [0.29, 0.717) is 15.6 Å². The number of rotatable bonds is 2. The second-order valence-corrected chi connectivity index (χ2v) is 6.21. The standard InChI is InChI=1S/C16H13FINO2/c17-10-5-6-12(13(18)8-10)16(21)19-15-11-4-2-1-3-9(11)7-14(15)20/h1-6,8,14-15,20H,7H2,(H,19,21)/t14-,15+/m1/s1. The molecular formula is C16H13FINO2. The molecule has 1 aliphatic rings. The van der Waals surface area contributed by atoms with Gasteiger partial charge in [-0.25, -0.2) is 4.39 Å². The number of halogens is 2. The Balaban J connectivity index is 1.85. The van der Waals surface area contributed by atoms with Gasteiger partial charge in [0, 0.05) is 9.99 Å². The topological polar surface area (TPSA) is 49.3 Å². The number of fused-ring (bicyclic) bond motifs is 1. The van der Waals surface area contributed by atoms with E-state index in [2.05, 4.69) is 5.32 Å². The summed E-state index contributed by atoms with van der Waals surface area (Å²) in [5.41, 5.74) is 2.40. The highest BCUT2D eigenvalue weighted by Gasteiger charge is 2.32. The first-order chi connectivity index (χ1) is 10.1. The van der Waals surface area contributed by atoms with E-state index in [1.165, 1.54) is 18.2 Å². The van der Waals surface area contributed by atoms with Crippen LogP contribution in [0.1, 0.15) is 27.5 Å². The van der Waals surface area contributed by atoms with Gasteiger partial charge in [-0.05, 0) is 51.9 Å². The van der Waals surface area contributed by atoms with E-state index in [0.717, 1.165) is 11.1 Å². The van der Waals surface area contributed by atoms with Crippen molar-refractivity contribution in [1.29, 1.82) is 0 Å². The van der Waals surface area contributed by atoms with Crippen molar-refractivity contribution in [3.8, 4) is 0 Å². The molecule has 0 radical (unpaired) electrons. The lowest BCUT2D eigenvalue weighted by molar-refractivity contribution is 0.0857. The number of nitrogens with one attached hydrogen (secondary N) is 1. The number of carbonyl (C=O) groups excluding carboxylic acids is 1. The highest BCUT2D eigenvalue weighted by atomic mass is 127. The fourth-order valence-electron chi connectivity index (χ4n) is 2.64. The van der Waals surface area contributed by atoms with E-state index >= 15 is 0 Å². The Bertz CT molecular complexity index is 704. The number of hydrogen-bond acceptors (Lipinski definition) is 2. The minimum absolute atomic E-state index is 0.305. The Hall–Kier alpha value is -1.47. The third kappa shape index (κ3) is 2.80. The molecule has 0 bridgehead atoms. The first-order valence-corrected chi connectivity index (χ1v) is 7.66. The molecule has 1 aliphatic carbocycles. The summed E-state index contributed by atoms with van der Waals surface area (Å²) in [5, 5.41) is 13.0. The Morgan fingerprint density at radius 2 is 2.05 bits per heavy atom. The van der Waals surface area contributed by atoms with Crippen LogP contribution in [0.2, 0.25) is 0 Å². The van der Waals surface area contributed by atoms with Gasteiger partial charge in [0.1, 0.15) is 5.82 Å². The lowest BCUT2D eigenvalue weighted by Gasteiger charge is -2.18. The van der Waals surface area contributed by atoms with Crippen LogP contribution in [0.15, 0.2) is 42.5 Å². The summed E-state index contributed by atoms with van der Waals surface area (Å²) in [7, 11) is 0. The smallest absolute Gasteiger partial charge is 0.252 e. The number of amides is 1. The maximum absolute atomic E-state index is 13.1. The third-order valence-electron chi connectivity index (χ3n) is 3.67. The largest absolute Gasteiger partial charge is 0.390 e. The maximum Gasteiger partial charge on any atom is 0.252 e. The molecule has 0 fully saturated rings. The van der Waals surface area contributed by atoms with Crippen molar-refractivity contribution in [3.63, 3.8) is 0 Å². The van der Waals surface area contributed by atoms with Crippen LogP contribution in [0.3, 0.4) is 0 Å². The molecule has 0 spiro atoms. The molecule has 108 valence electrons. The van der Waals surface area contributed by atoms with E-state index in [1.807, 2.05) is 46.9 Å². The monoisotopic (exact) mass is 397 g/mol. The van der Waals surface area contributed by atoms with E-state index in [-0.39, 0.29) is 11.7 Å². The van der Waals surface area contributed by atoms with Crippen molar-refractivity contribution in [2.24, 2.45) is 0 Å². The van der Waals surface area contributed by atoms with Gasteiger partial charge < -0.3 is 10.4 Å². The molecule has 0 saturated heterocycles. The van der Waals surface area contributed by atoms with Gasteiger partial charge in [-0.2, -0.15) is 0 Å². The van der Waals surface area contributed by atoms with Gasteiger partial charge in [-0.1, -0.05) is 24.3 Å². The molecule has 2 atom stereocenters. The average Bonchev–Trinajstić information content (AvgIpc) is 2.75. The molecule has 0 aliphatic heterocycles. The van der Waals surface area contributed by atoms with Crippen molar-refractivity contribution in [3.05, 3.63) is 68.5 Å². The second-order valence-electron chi connectivity index (χ2n) is 5.05. The molecule has 0 aromatic heterocycles. The molecule has 2 N–H and O–H groups in total. The summed E-state index contributed by atoms with van der Waals surface area (Å²) < 4.78 is 13.6. The molecule has 0 unspecified atom stereocenters. The van der Waals surface area contributed by atoms with Gasteiger partial charge in [0.15, 0.2) is 0 Å². The Morgan fingerprint density at radius 1 is 1.29 bits per heavy atom. The second kappa shape index (κ2) is 5.73. The van der Waals surface area contributed by atoms with Crippen molar-refractivity contribution in [2.45, 2.75) is 18.6 Å². The van der Waals surface area contributed by atoms with E-state index < -0.39 is 12.1 Å². The minimum Gasteiger partial charge on any atom is -0.390 e. The van der Waals surface area contributed by atoms with E-state index in [9.17, 15) is 14.3 Å². The van der Waals surface area contributed by atoms with Crippen molar-refractivity contribution in [2.75, 3.05) is 0 Å². The van der Waals surface area contributed by atoms with Gasteiger partial charge in [-0.3, -0.25) is 4.79 Å². The van der Waals surface area contributed by atoms with Gasteiger partial charge in [0.2, 0.25) is 0 Å². The SMILES string of the molecule is O=C(N[C@H]1c2ccccc2C[C@H]1O)c1ccc(F)cc1I. The molecule has 21 heavy (non-hydrogen) atoms. The van der Waals surface area contributed by atoms with Crippen LogP contribution in [-0.2, 0) is 6.42 Å². The number of aliphatic hydroxyl groups excluding tert-OH is 1. The zero-order valence-corrected chi connectivity index (χ0v) is 13.2. The molecule has 2 aromatic rings. The lowest BCUT2D eigenvalue weighted by atomic mass is 10.1. The number of carbonyl (C=O) groups is 1. The van der Waals surface area contributed by atoms with Crippen molar-refractivity contribution < 1.29 is 14.3 Å². The van der Waals surface area contributed by atoms with E-state index in [4.69, 9.17) is 0 Å². The average molecular weight is 397 g/mol. The van der Waals surface area contributed by atoms with Crippen LogP contribution in [0.25, 0.3) is 0 Å². The van der Waals surface area contributed by atoms with Crippen LogP contribution in [0.4, 0.5) is 4.39 Å². The summed E-state index contributed by atoms with van der Waals surface area (Å²) >= 11 is 1.93. The quantitative estimate of drug-likeness (QED) is 0.766. The van der Waals surface area contributed by atoms with Crippen molar-refractivity contribution >= 4 is 28.5 Å². The molecule has 5 heteroatoms. The first kappa shape index (κ1) is 14.5. The zero-order valence-electron chi connectivity index (χ0n) is 11.0. The fraction of sp³-hybridized carbons (Fsp3) is 0.188. The molecule has 0 heterocycles.